The molecule has 10 heteroatoms. The standard InChI is InChI=1S/C10H8F3NO4S2/c1-4-5(2)8-7(19-9(15)18-8)3-6(4)14-20(16,17)10(11,12)13/h3,14H,1-2H3. The van der Waals surface area contributed by atoms with Gasteiger partial charge in [0.25, 0.3) is 0 Å². The van der Waals surface area contributed by atoms with Crippen LogP contribution in [0.2, 0.25) is 0 Å². The van der Waals surface area contributed by atoms with Gasteiger partial charge in [-0.15, -0.1) is 0 Å². The Kier molecular flexibility index (Phi) is 3.33. The molecule has 1 aromatic carbocycles. The van der Waals surface area contributed by atoms with E-state index in [1.54, 1.807) is 0 Å². The molecule has 0 atom stereocenters. The van der Waals surface area contributed by atoms with Crippen LogP contribution in [0.1, 0.15) is 11.1 Å². The zero-order chi connectivity index (χ0) is 15.3. The lowest BCUT2D eigenvalue weighted by Crippen LogP contribution is -2.30. The highest BCUT2D eigenvalue weighted by Gasteiger charge is 2.46. The molecule has 0 spiro atoms. The van der Waals surface area contributed by atoms with Crippen molar-refractivity contribution in [2.75, 3.05) is 4.72 Å². The molecule has 20 heavy (non-hydrogen) atoms. The van der Waals surface area contributed by atoms with Crippen molar-refractivity contribution >= 4 is 37.3 Å². The van der Waals surface area contributed by atoms with Crippen molar-refractivity contribution in [3.63, 3.8) is 0 Å². The number of anilines is 1. The lowest BCUT2D eigenvalue weighted by molar-refractivity contribution is -0.0429. The number of benzene rings is 1. The number of halogens is 3. The normalized spacial score (nSPS) is 12.8. The fourth-order valence-electron chi connectivity index (χ4n) is 1.57. The van der Waals surface area contributed by atoms with E-state index in [-0.39, 0.29) is 21.5 Å². The Bertz CT molecular complexity index is 833. The van der Waals surface area contributed by atoms with E-state index in [1.807, 2.05) is 0 Å². The third-order valence-electron chi connectivity index (χ3n) is 2.73. The van der Waals surface area contributed by atoms with E-state index >= 15 is 0 Å². The number of alkyl halides is 3. The Balaban J connectivity index is 2.62. The van der Waals surface area contributed by atoms with Crippen LogP contribution in [0.4, 0.5) is 18.9 Å². The smallest absolute Gasteiger partial charge is 0.414 e. The van der Waals surface area contributed by atoms with Crippen molar-refractivity contribution in [1.82, 2.24) is 0 Å². The van der Waals surface area contributed by atoms with Crippen molar-refractivity contribution < 1.29 is 26.0 Å². The summed E-state index contributed by atoms with van der Waals surface area (Å²) in [6.07, 6.45) is 0. The Morgan fingerprint density at radius 3 is 2.40 bits per heavy atom. The number of hydrogen-bond acceptors (Lipinski definition) is 5. The van der Waals surface area contributed by atoms with E-state index in [4.69, 9.17) is 4.42 Å². The minimum Gasteiger partial charge on any atom is -0.414 e. The summed E-state index contributed by atoms with van der Waals surface area (Å²) in [4.78, 5) is 10.5. The largest absolute Gasteiger partial charge is 0.516 e. The highest BCUT2D eigenvalue weighted by Crippen LogP contribution is 2.33. The molecule has 2 aromatic rings. The number of aryl methyl sites for hydroxylation is 1. The highest BCUT2D eigenvalue weighted by atomic mass is 32.2. The van der Waals surface area contributed by atoms with Crippen molar-refractivity contribution in [3.05, 3.63) is 26.9 Å². The second-order valence-electron chi connectivity index (χ2n) is 4.01. The molecule has 0 fully saturated rings. The molecular formula is C10H8F3NO4S2. The van der Waals surface area contributed by atoms with Crippen molar-refractivity contribution in [2.24, 2.45) is 0 Å². The molecule has 0 bridgehead atoms. The van der Waals surface area contributed by atoms with Gasteiger partial charge in [0.1, 0.15) is 0 Å². The van der Waals surface area contributed by atoms with Crippen LogP contribution in [-0.2, 0) is 10.0 Å². The highest BCUT2D eigenvalue weighted by molar-refractivity contribution is 7.93. The van der Waals surface area contributed by atoms with Crippen LogP contribution in [0.3, 0.4) is 0 Å². The average molecular weight is 327 g/mol. The fourth-order valence-corrected chi connectivity index (χ4v) is 2.95. The maximum absolute atomic E-state index is 12.4. The lowest BCUT2D eigenvalue weighted by Gasteiger charge is -2.13. The first-order chi connectivity index (χ1) is 9.03. The molecular weight excluding hydrogens is 319 g/mol. The van der Waals surface area contributed by atoms with Gasteiger partial charge in [-0.3, -0.25) is 4.72 Å². The van der Waals surface area contributed by atoms with Gasteiger partial charge in [0, 0.05) is 0 Å². The molecule has 0 aliphatic heterocycles. The second-order valence-corrected chi connectivity index (χ2v) is 6.66. The summed E-state index contributed by atoms with van der Waals surface area (Å²) in [6.45, 7) is 2.96. The minimum absolute atomic E-state index is 0.232. The van der Waals surface area contributed by atoms with Gasteiger partial charge in [-0.2, -0.15) is 21.6 Å². The first-order valence-electron chi connectivity index (χ1n) is 5.16. The average Bonchev–Trinajstić information content (AvgIpc) is 2.65. The van der Waals surface area contributed by atoms with Crippen LogP contribution in [0.5, 0.6) is 0 Å². The maximum Gasteiger partial charge on any atom is 0.516 e. The van der Waals surface area contributed by atoms with Gasteiger partial charge in [0.15, 0.2) is 5.58 Å². The Morgan fingerprint density at radius 2 is 1.85 bits per heavy atom. The van der Waals surface area contributed by atoms with Gasteiger partial charge in [0.05, 0.1) is 10.4 Å². The van der Waals surface area contributed by atoms with Gasteiger partial charge in [-0.25, -0.2) is 4.79 Å². The van der Waals surface area contributed by atoms with E-state index in [2.05, 4.69) is 0 Å². The minimum atomic E-state index is -5.51. The van der Waals surface area contributed by atoms with Crippen molar-refractivity contribution in [3.8, 4) is 0 Å². The van der Waals surface area contributed by atoms with E-state index in [0.717, 1.165) is 6.07 Å². The number of sulfonamides is 1. The van der Waals surface area contributed by atoms with E-state index < -0.39 is 20.5 Å². The summed E-state index contributed by atoms with van der Waals surface area (Å²) in [5, 5.41) is 0. The molecule has 0 amide bonds. The van der Waals surface area contributed by atoms with Gasteiger partial charge >= 0.3 is 20.5 Å². The Hall–Kier alpha value is -1.55. The predicted octanol–water partition coefficient (Wildman–Crippen LogP) is 2.73. The van der Waals surface area contributed by atoms with Crippen molar-refractivity contribution in [1.29, 1.82) is 0 Å². The van der Waals surface area contributed by atoms with Crippen LogP contribution in [-0.4, -0.2) is 13.9 Å². The second kappa shape index (κ2) is 4.48. The van der Waals surface area contributed by atoms with Crippen LogP contribution >= 0.6 is 11.3 Å². The quantitative estimate of drug-likeness (QED) is 0.920. The summed E-state index contributed by atoms with van der Waals surface area (Å²) < 4.78 is 65.9. The molecule has 1 heterocycles. The molecule has 1 aromatic heterocycles. The Morgan fingerprint density at radius 1 is 1.25 bits per heavy atom. The Labute approximate surface area is 115 Å². The first-order valence-corrected chi connectivity index (χ1v) is 7.46. The van der Waals surface area contributed by atoms with Gasteiger partial charge in [-0.05, 0) is 31.0 Å². The molecule has 0 saturated carbocycles. The van der Waals surface area contributed by atoms with Crippen LogP contribution in [0.15, 0.2) is 15.3 Å². The van der Waals surface area contributed by atoms with E-state index in [9.17, 15) is 26.4 Å². The molecule has 2 rings (SSSR count). The number of hydrogen-bond donors (Lipinski definition) is 1. The summed E-state index contributed by atoms with van der Waals surface area (Å²) in [6, 6.07) is 1.15. The zero-order valence-electron chi connectivity index (χ0n) is 10.2. The summed E-state index contributed by atoms with van der Waals surface area (Å²) in [5.41, 5.74) is -4.74. The van der Waals surface area contributed by atoms with Gasteiger partial charge in [0.2, 0.25) is 0 Å². The molecule has 1 N–H and O–H groups in total. The molecule has 0 aliphatic rings. The molecule has 110 valence electrons. The third-order valence-corrected chi connectivity index (χ3v) is 4.61. The van der Waals surface area contributed by atoms with Crippen LogP contribution < -0.4 is 9.66 Å². The maximum atomic E-state index is 12.4. The summed E-state index contributed by atoms with van der Waals surface area (Å²) in [7, 11) is -5.51. The number of nitrogens with one attached hydrogen (secondary N) is 1. The van der Waals surface area contributed by atoms with E-state index in [0.29, 0.717) is 16.9 Å². The zero-order valence-corrected chi connectivity index (χ0v) is 11.8. The first kappa shape index (κ1) is 14.9. The van der Waals surface area contributed by atoms with Crippen LogP contribution in [0, 0.1) is 13.8 Å². The SMILES string of the molecule is Cc1c(NS(=O)(=O)C(F)(F)F)cc2sc(=O)oc2c1C. The van der Waals surface area contributed by atoms with Crippen LogP contribution in [0.25, 0.3) is 10.3 Å². The third kappa shape index (κ3) is 2.40. The fraction of sp³-hybridized carbons (Fsp3) is 0.300. The summed E-state index contributed by atoms with van der Waals surface area (Å²) >= 11 is 0.684. The monoisotopic (exact) mass is 327 g/mol. The molecule has 5 nitrogen and oxygen atoms in total. The summed E-state index contributed by atoms with van der Waals surface area (Å²) in [5.74, 6) is 0. The van der Waals surface area contributed by atoms with Crippen molar-refractivity contribution in [2.45, 2.75) is 19.4 Å². The van der Waals surface area contributed by atoms with E-state index in [1.165, 1.54) is 18.6 Å². The number of rotatable bonds is 2. The topological polar surface area (TPSA) is 76.4 Å². The predicted molar refractivity (Wildman–Crippen MR) is 68.4 cm³/mol. The van der Waals surface area contributed by atoms with Gasteiger partial charge in [-0.1, -0.05) is 11.3 Å². The lowest BCUT2D eigenvalue weighted by atomic mass is 10.1. The molecule has 0 saturated heterocycles. The van der Waals surface area contributed by atoms with Gasteiger partial charge < -0.3 is 4.42 Å². The molecule has 0 radical (unpaired) electrons. The number of fused-ring (bicyclic) bond motifs is 1. The molecule has 0 unspecified atom stereocenters. The molecule has 0 aliphatic carbocycles.